The van der Waals surface area contributed by atoms with E-state index in [1.807, 2.05) is 18.2 Å². The molecule has 2 heterocycles. The maximum absolute atomic E-state index is 4.37. The first kappa shape index (κ1) is 12.6. The topological polar surface area (TPSA) is 51.6 Å². The van der Waals surface area contributed by atoms with E-state index in [0.717, 1.165) is 16.8 Å². The van der Waals surface area contributed by atoms with Gasteiger partial charge in [0.25, 0.3) is 0 Å². The summed E-state index contributed by atoms with van der Waals surface area (Å²) in [6.45, 7) is 0. The number of aromatic nitrogens is 4. The van der Waals surface area contributed by atoms with Gasteiger partial charge in [-0.2, -0.15) is 0 Å². The largest absolute Gasteiger partial charge is 0.249 e. The average Bonchev–Trinajstić information content (AvgIpc) is 2.62. The van der Waals surface area contributed by atoms with Crippen LogP contribution in [0.5, 0.6) is 0 Å². The molecule has 22 heavy (non-hydrogen) atoms. The van der Waals surface area contributed by atoms with Gasteiger partial charge in [-0.05, 0) is 11.1 Å². The van der Waals surface area contributed by atoms with Crippen molar-refractivity contribution in [3.8, 4) is 22.4 Å². The molecule has 0 atom stereocenters. The van der Waals surface area contributed by atoms with Crippen molar-refractivity contribution in [2.24, 2.45) is 0 Å². The molecular formula is C18H12N4. The lowest BCUT2D eigenvalue weighted by molar-refractivity contribution is 1.15. The van der Waals surface area contributed by atoms with E-state index in [0.29, 0.717) is 5.65 Å². The maximum Gasteiger partial charge on any atom is 0.181 e. The minimum absolute atomic E-state index is 0.611. The lowest BCUT2D eigenvalue weighted by Gasteiger charge is -2.05. The summed E-state index contributed by atoms with van der Waals surface area (Å²) in [6, 6.07) is 18.6. The van der Waals surface area contributed by atoms with Gasteiger partial charge in [-0.25, -0.2) is 19.9 Å². The third kappa shape index (κ3) is 2.20. The van der Waals surface area contributed by atoms with Crippen LogP contribution in [0.3, 0.4) is 0 Å². The highest BCUT2D eigenvalue weighted by Gasteiger charge is 2.08. The monoisotopic (exact) mass is 284 g/mol. The van der Waals surface area contributed by atoms with E-state index < -0.39 is 0 Å². The fourth-order valence-corrected chi connectivity index (χ4v) is 2.46. The Labute approximate surface area is 127 Å². The minimum atomic E-state index is 0.611. The van der Waals surface area contributed by atoms with Crippen LogP contribution in [0.1, 0.15) is 0 Å². The maximum atomic E-state index is 4.37. The van der Waals surface area contributed by atoms with Gasteiger partial charge in [-0.15, -0.1) is 0 Å². The van der Waals surface area contributed by atoms with Crippen LogP contribution >= 0.6 is 0 Å². The van der Waals surface area contributed by atoms with Gasteiger partial charge in [0.15, 0.2) is 5.65 Å². The van der Waals surface area contributed by atoms with Crippen LogP contribution < -0.4 is 0 Å². The molecule has 0 radical (unpaired) electrons. The molecule has 0 N–H and O–H groups in total. The summed E-state index contributed by atoms with van der Waals surface area (Å²) in [4.78, 5) is 17.1. The summed E-state index contributed by atoms with van der Waals surface area (Å²) in [5, 5.41) is 0. The van der Waals surface area contributed by atoms with E-state index in [1.165, 1.54) is 17.5 Å². The molecule has 0 saturated heterocycles. The van der Waals surface area contributed by atoms with Gasteiger partial charge in [-0.3, -0.25) is 0 Å². The molecule has 4 nitrogen and oxygen atoms in total. The average molecular weight is 284 g/mol. The number of rotatable bonds is 2. The third-order valence-electron chi connectivity index (χ3n) is 3.54. The van der Waals surface area contributed by atoms with Crippen molar-refractivity contribution in [1.82, 2.24) is 19.9 Å². The molecule has 4 heteroatoms. The molecule has 0 unspecified atom stereocenters. The highest BCUT2D eigenvalue weighted by atomic mass is 14.9. The molecule has 4 aromatic rings. The zero-order valence-electron chi connectivity index (χ0n) is 11.7. The molecule has 4 rings (SSSR count). The molecule has 0 fully saturated rings. The fourth-order valence-electron chi connectivity index (χ4n) is 2.46. The molecule has 2 aromatic heterocycles. The Bertz CT molecular complexity index is 913. The van der Waals surface area contributed by atoms with Crippen molar-refractivity contribution in [3.63, 3.8) is 0 Å². The summed E-state index contributed by atoms with van der Waals surface area (Å²) in [6.07, 6.45) is 4.82. The Hall–Kier alpha value is -3.14. The van der Waals surface area contributed by atoms with Crippen molar-refractivity contribution in [2.45, 2.75) is 0 Å². The van der Waals surface area contributed by atoms with Gasteiger partial charge in [0, 0.05) is 18.0 Å². The van der Waals surface area contributed by atoms with Crippen LogP contribution in [0, 0.1) is 0 Å². The minimum Gasteiger partial charge on any atom is -0.249 e. The van der Waals surface area contributed by atoms with Crippen LogP contribution in [0.25, 0.3) is 33.5 Å². The van der Waals surface area contributed by atoms with E-state index in [9.17, 15) is 0 Å². The lowest BCUT2D eigenvalue weighted by atomic mass is 10.0. The first-order chi connectivity index (χ1) is 10.9. The molecule has 2 aromatic carbocycles. The SMILES string of the molecule is c1ccc(-c2ccc(-c3ncnc4nccnc34)cc2)cc1. The molecule has 0 aliphatic carbocycles. The number of fused-ring (bicyclic) bond motifs is 1. The van der Waals surface area contributed by atoms with Crippen LogP contribution in [-0.4, -0.2) is 19.9 Å². The molecule has 0 amide bonds. The van der Waals surface area contributed by atoms with Gasteiger partial charge < -0.3 is 0 Å². The summed E-state index contributed by atoms with van der Waals surface area (Å²) < 4.78 is 0. The molecular weight excluding hydrogens is 272 g/mol. The van der Waals surface area contributed by atoms with E-state index in [2.05, 4.69) is 56.3 Å². The van der Waals surface area contributed by atoms with Gasteiger partial charge >= 0.3 is 0 Å². The molecule has 104 valence electrons. The van der Waals surface area contributed by atoms with Crippen molar-refractivity contribution < 1.29 is 0 Å². The molecule has 0 spiro atoms. The Morgan fingerprint density at radius 1 is 0.545 bits per heavy atom. The second-order valence-electron chi connectivity index (χ2n) is 4.89. The van der Waals surface area contributed by atoms with Gasteiger partial charge in [0.05, 0.1) is 0 Å². The second kappa shape index (κ2) is 5.33. The van der Waals surface area contributed by atoms with Crippen LogP contribution in [0.15, 0.2) is 73.3 Å². The predicted molar refractivity (Wildman–Crippen MR) is 86.0 cm³/mol. The van der Waals surface area contributed by atoms with Gasteiger partial charge in [-0.1, -0.05) is 54.6 Å². The van der Waals surface area contributed by atoms with Crippen molar-refractivity contribution >= 4 is 11.2 Å². The Balaban J connectivity index is 1.80. The Morgan fingerprint density at radius 3 is 2.05 bits per heavy atom. The standard InChI is InChI=1S/C18H12N4/c1-2-4-13(5-3-1)14-6-8-15(9-7-14)16-17-18(22-12-21-16)20-11-10-19-17/h1-12H. The van der Waals surface area contributed by atoms with Crippen LogP contribution in [0.4, 0.5) is 0 Å². The highest BCUT2D eigenvalue weighted by molar-refractivity contribution is 5.86. The van der Waals surface area contributed by atoms with Crippen molar-refractivity contribution in [3.05, 3.63) is 73.3 Å². The third-order valence-corrected chi connectivity index (χ3v) is 3.54. The summed E-state index contributed by atoms with van der Waals surface area (Å²) in [5.41, 5.74) is 5.51. The second-order valence-corrected chi connectivity index (χ2v) is 4.89. The van der Waals surface area contributed by atoms with E-state index in [4.69, 9.17) is 0 Å². The smallest absolute Gasteiger partial charge is 0.181 e. The zero-order valence-corrected chi connectivity index (χ0v) is 11.7. The van der Waals surface area contributed by atoms with Crippen molar-refractivity contribution in [2.75, 3.05) is 0 Å². The van der Waals surface area contributed by atoms with Gasteiger partial charge in [0.2, 0.25) is 0 Å². The summed E-state index contributed by atoms with van der Waals surface area (Å²) >= 11 is 0. The van der Waals surface area contributed by atoms with E-state index in [-0.39, 0.29) is 0 Å². The summed E-state index contributed by atoms with van der Waals surface area (Å²) in [5.74, 6) is 0. The lowest BCUT2D eigenvalue weighted by Crippen LogP contribution is -1.93. The Kier molecular flexibility index (Phi) is 3.05. The van der Waals surface area contributed by atoms with Gasteiger partial charge in [0.1, 0.15) is 17.5 Å². The van der Waals surface area contributed by atoms with E-state index in [1.54, 1.807) is 12.4 Å². The van der Waals surface area contributed by atoms with Crippen molar-refractivity contribution in [1.29, 1.82) is 0 Å². The molecule has 0 aliphatic heterocycles. The number of benzene rings is 2. The molecule has 0 saturated carbocycles. The Morgan fingerprint density at radius 2 is 1.23 bits per heavy atom. The first-order valence-electron chi connectivity index (χ1n) is 6.99. The van der Waals surface area contributed by atoms with Crippen LogP contribution in [-0.2, 0) is 0 Å². The summed E-state index contributed by atoms with van der Waals surface area (Å²) in [7, 11) is 0. The fraction of sp³-hybridized carbons (Fsp3) is 0. The van der Waals surface area contributed by atoms with Crippen LogP contribution in [0.2, 0.25) is 0 Å². The van der Waals surface area contributed by atoms with E-state index >= 15 is 0 Å². The number of nitrogens with zero attached hydrogens (tertiary/aromatic N) is 4. The quantitative estimate of drug-likeness (QED) is 0.562. The molecule has 0 aliphatic rings. The predicted octanol–water partition coefficient (Wildman–Crippen LogP) is 3.75. The first-order valence-corrected chi connectivity index (χ1v) is 6.99. The highest BCUT2D eigenvalue weighted by Crippen LogP contribution is 2.26. The number of hydrogen-bond acceptors (Lipinski definition) is 4. The normalized spacial score (nSPS) is 10.7. The zero-order chi connectivity index (χ0) is 14.8. The molecule has 0 bridgehead atoms. The number of hydrogen-bond donors (Lipinski definition) is 0.